The smallest absolute Gasteiger partial charge is 0.161 e. The van der Waals surface area contributed by atoms with Gasteiger partial charge < -0.3 is 0 Å². The van der Waals surface area contributed by atoms with Crippen molar-refractivity contribution >= 4 is 33.3 Å². The number of aromatic nitrogens is 2. The van der Waals surface area contributed by atoms with E-state index < -0.39 is 0 Å². The van der Waals surface area contributed by atoms with Crippen molar-refractivity contribution < 1.29 is 4.79 Å². The number of Topliss-reactive ketones (excluding diaryl/α,β-unsaturated/α-hetero) is 1. The molecular weight excluding hydrogens is 316 g/mol. The van der Waals surface area contributed by atoms with Gasteiger partial charge in [0.1, 0.15) is 0 Å². The van der Waals surface area contributed by atoms with Crippen LogP contribution in [0.2, 0.25) is 5.02 Å². The fourth-order valence-electron chi connectivity index (χ4n) is 1.80. The summed E-state index contributed by atoms with van der Waals surface area (Å²) >= 11 is 9.58. The quantitative estimate of drug-likeness (QED) is 0.778. The lowest BCUT2D eigenvalue weighted by Crippen LogP contribution is -2.01. The van der Waals surface area contributed by atoms with Crippen LogP contribution < -0.4 is 0 Å². The Morgan fingerprint density at radius 2 is 2.06 bits per heavy atom. The van der Waals surface area contributed by atoms with E-state index in [1.54, 1.807) is 16.8 Å². The van der Waals surface area contributed by atoms with E-state index in [1.807, 2.05) is 19.9 Å². The molecule has 0 atom stereocenters. The largest absolute Gasteiger partial charge is 0.294 e. The molecule has 0 bridgehead atoms. The summed E-state index contributed by atoms with van der Waals surface area (Å²) in [6.07, 6.45) is 0. The van der Waals surface area contributed by atoms with Gasteiger partial charge in [-0.2, -0.15) is 5.10 Å². The molecule has 1 heterocycles. The van der Waals surface area contributed by atoms with E-state index in [9.17, 15) is 4.79 Å². The van der Waals surface area contributed by atoms with E-state index in [2.05, 4.69) is 21.0 Å². The number of aryl methyl sites for hydroxylation is 1. The SMILES string of the molecule is CC(=O)c1ccc(-n2nc(C)c(Br)c2C)cc1Cl. The number of carbonyl (C=O) groups excluding carboxylic acids is 1. The molecule has 5 heteroatoms. The molecule has 1 aromatic carbocycles. The molecule has 2 aromatic rings. The summed E-state index contributed by atoms with van der Waals surface area (Å²) < 4.78 is 2.78. The highest BCUT2D eigenvalue weighted by molar-refractivity contribution is 9.10. The van der Waals surface area contributed by atoms with Crippen molar-refractivity contribution in [2.45, 2.75) is 20.8 Å². The second-order valence-electron chi connectivity index (χ2n) is 4.12. The van der Waals surface area contributed by atoms with Crippen LogP contribution in [0.3, 0.4) is 0 Å². The van der Waals surface area contributed by atoms with Crippen LogP contribution in [0.4, 0.5) is 0 Å². The molecule has 0 N–H and O–H groups in total. The molecule has 0 fully saturated rings. The third kappa shape index (κ3) is 2.22. The number of ketones is 1. The third-order valence-electron chi connectivity index (χ3n) is 2.78. The molecule has 0 saturated heterocycles. The molecule has 0 radical (unpaired) electrons. The van der Waals surface area contributed by atoms with Gasteiger partial charge in [0.25, 0.3) is 0 Å². The molecule has 0 amide bonds. The average Bonchev–Trinajstić information content (AvgIpc) is 2.56. The molecule has 0 unspecified atom stereocenters. The first-order chi connectivity index (χ1) is 8.41. The highest BCUT2D eigenvalue weighted by Gasteiger charge is 2.12. The van der Waals surface area contributed by atoms with Crippen LogP contribution in [0.25, 0.3) is 5.69 Å². The lowest BCUT2D eigenvalue weighted by atomic mass is 10.1. The van der Waals surface area contributed by atoms with Gasteiger partial charge in [0.15, 0.2) is 5.78 Å². The summed E-state index contributed by atoms with van der Waals surface area (Å²) in [5.74, 6) is -0.0406. The Morgan fingerprint density at radius 3 is 2.50 bits per heavy atom. The van der Waals surface area contributed by atoms with Crippen LogP contribution in [0.1, 0.15) is 28.7 Å². The molecule has 1 aromatic heterocycles. The Hall–Kier alpha value is -1.13. The fraction of sp³-hybridized carbons (Fsp3) is 0.231. The van der Waals surface area contributed by atoms with Crippen molar-refractivity contribution in [1.29, 1.82) is 0 Å². The van der Waals surface area contributed by atoms with Gasteiger partial charge in [-0.3, -0.25) is 4.79 Å². The minimum Gasteiger partial charge on any atom is -0.294 e. The Kier molecular flexibility index (Phi) is 3.59. The molecular formula is C13H12BrClN2O. The number of halogens is 2. The molecule has 2 rings (SSSR count). The van der Waals surface area contributed by atoms with Crippen molar-refractivity contribution in [1.82, 2.24) is 9.78 Å². The molecule has 0 aliphatic rings. The predicted octanol–water partition coefficient (Wildman–Crippen LogP) is 4.11. The average molecular weight is 328 g/mol. The Labute approximate surface area is 119 Å². The van der Waals surface area contributed by atoms with Crippen LogP contribution in [0.15, 0.2) is 22.7 Å². The molecule has 94 valence electrons. The maximum atomic E-state index is 11.3. The van der Waals surface area contributed by atoms with Crippen molar-refractivity contribution in [3.63, 3.8) is 0 Å². The highest BCUT2D eigenvalue weighted by Crippen LogP contribution is 2.25. The van der Waals surface area contributed by atoms with Gasteiger partial charge in [0.2, 0.25) is 0 Å². The van der Waals surface area contributed by atoms with Gasteiger partial charge in [0, 0.05) is 5.56 Å². The Balaban J connectivity index is 2.55. The second kappa shape index (κ2) is 4.86. The summed E-state index contributed by atoms with van der Waals surface area (Å²) in [5.41, 5.74) is 3.29. The first-order valence-corrected chi connectivity index (χ1v) is 6.61. The van der Waals surface area contributed by atoms with Crippen LogP contribution >= 0.6 is 27.5 Å². The van der Waals surface area contributed by atoms with Crippen molar-refractivity contribution in [2.24, 2.45) is 0 Å². The zero-order chi connectivity index (χ0) is 13.4. The maximum Gasteiger partial charge on any atom is 0.161 e. The zero-order valence-electron chi connectivity index (χ0n) is 10.3. The van der Waals surface area contributed by atoms with E-state index in [4.69, 9.17) is 11.6 Å². The molecule has 3 nitrogen and oxygen atoms in total. The van der Waals surface area contributed by atoms with Gasteiger partial charge in [-0.05, 0) is 54.9 Å². The van der Waals surface area contributed by atoms with Crippen LogP contribution in [-0.4, -0.2) is 15.6 Å². The number of nitrogens with zero attached hydrogens (tertiary/aromatic N) is 2. The van der Waals surface area contributed by atoms with E-state index in [1.165, 1.54) is 6.92 Å². The van der Waals surface area contributed by atoms with Crippen molar-refractivity contribution in [3.8, 4) is 5.69 Å². The second-order valence-corrected chi connectivity index (χ2v) is 5.32. The number of benzene rings is 1. The van der Waals surface area contributed by atoms with E-state index >= 15 is 0 Å². The minimum atomic E-state index is -0.0406. The number of carbonyl (C=O) groups is 1. The lowest BCUT2D eigenvalue weighted by molar-refractivity contribution is 0.101. The summed E-state index contributed by atoms with van der Waals surface area (Å²) in [4.78, 5) is 11.3. The topological polar surface area (TPSA) is 34.9 Å². The normalized spacial score (nSPS) is 10.7. The van der Waals surface area contributed by atoms with Crippen molar-refractivity contribution in [2.75, 3.05) is 0 Å². The third-order valence-corrected chi connectivity index (χ3v) is 4.24. The Bertz CT molecular complexity index is 634. The molecule has 0 aliphatic carbocycles. The first-order valence-electron chi connectivity index (χ1n) is 5.44. The van der Waals surface area contributed by atoms with Gasteiger partial charge in [-0.1, -0.05) is 11.6 Å². The van der Waals surface area contributed by atoms with Gasteiger partial charge >= 0.3 is 0 Å². The zero-order valence-corrected chi connectivity index (χ0v) is 12.6. The lowest BCUT2D eigenvalue weighted by Gasteiger charge is -2.07. The highest BCUT2D eigenvalue weighted by atomic mass is 79.9. The van der Waals surface area contributed by atoms with E-state index in [0.717, 1.165) is 21.5 Å². The molecule has 18 heavy (non-hydrogen) atoms. The summed E-state index contributed by atoms with van der Waals surface area (Å²) in [6.45, 7) is 5.40. The van der Waals surface area contributed by atoms with E-state index in [0.29, 0.717) is 10.6 Å². The predicted molar refractivity (Wildman–Crippen MR) is 75.8 cm³/mol. The van der Waals surface area contributed by atoms with Crippen LogP contribution in [0, 0.1) is 13.8 Å². The van der Waals surface area contributed by atoms with Crippen LogP contribution in [-0.2, 0) is 0 Å². The van der Waals surface area contributed by atoms with Crippen LogP contribution in [0.5, 0.6) is 0 Å². The fourth-order valence-corrected chi connectivity index (χ4v) is 2.35. The molecule has 0 saturated carbocycles. The summed E-state index contributed by atoms with van der Waals surface area (Å²) in [7, 11) is 0. The molecule has 0 aliphatic heterocycles. The van der Waals surface area contributed by atoms with Gasteiger partial charge in [-0.15, -0.1) is 0 Å². The van der Waals surface area contributed by atoms with E-state index in [-0.39, 0.29) is 5.78 Å². The standard InChI is InChI=1S/C13H12BrClN2O/c1-7-13(14)8(2)17(16-7)10-4-5-11(9(3)18)12(15)6-10/h4-6H,1-3H3. The Morgan fingerprint density at radius 1 is 1.39 bits per heavy atom. The van der Waals surface area contributed by atoms with Gasteiger partial charge in [0.05, 0.1) is 26.6 Å². The monoisotopic (exact) mass is 326 g/mol. The summed E-state index contributed by atoms with van der Waals surface area (Å²) in [5, 5.41) is 4.87. The number of hydrogen-bond acceptors (Lipinski definition) is 2. The summed E-state index contributed by atoms with van der Waals surface area (Å²) in [6, 6.07) is 5.32. The molecule has 0 spiro atoms. The number of hydrogen-bond donors (Lipinski definition) is 0. The first kappa shape index (κ1) is 13.3. The van der Waals surface area contributed by atoms with Gasteiger partial charge in [-0.25, -0.2) is 4.68 Å². The van der Waals surface area contributed by atoms with Crippen molar-refractivity contribution in [3.05, 3.63) is 44.6 Å². The minimum absolute atomic E-state index is 0.0406. The maximum absolute atomic E-state index is 11.3. The number of rotatable bonds is 2.